The molecule has 0 bridgehead atoms. The summed E-state index contributed by atoms with van der Waals surface area (Å²) in [5, 5.41) is 0. The highest BCUT2D eigenvalue weighted by atomic mass is 19.1. The lowest BCUT2D eigenvalue weighted by Crippen LogP contribution is -2.45. The van der Waals surface area contributed by atoms with E-state index < -0.39 is 0 Å². The molecule has 5 heteroatoms. The predicted molar refractivity (Wildman–Crippen MR) is 87.7 cm³/mol. The van der Waals surface area contributed by atoms with Crippen LogP contribution in [0.4, 0.5) is 4.39 Å². The van der Waals surface area contributed by atoms with Crippen molar-refractivity contribution in [3.8, 4) is 5.75 Å². The van der Waals surface area contributed by atoms with Crippen molar-refractivity contribution in [1.29, 1.82) is 0 Å². The summed E-state index contributed by atoms with van der Waals surface area (Å²) in [6.07, 6.45) is 3.72. The zero-order valence-corrected chi connectivity index (χ0v) is 13.4. The third kappa shape index (κ3) is 4.27. The number of hydrogen-bond donors (Lipinski definition) is 0. The van der Waals surface area contributed by atoms with Crippen molar-refractivity contribution in [2.75, 3.05) is 33.3 Å². The Morgan fingerprint density at radius 1 is 1.04 bits per heavy atom. The van der Waals surface area contributed by atoms with Crippen molar-refractivity contribution < 1.29 is 9.13 Å². The van der Waals surface area contributed by atoms with E-state index >= 15 is 0 Å². The molecule has 2 heterocycles. The molecule has 1 aromatic carbocycles. The fraction of sp³-hybridized carbons (Fsp3) is 0.389. The number of halogens is 1. The van der Waals surface area contributed by atoms with E-state index in [0.717, 1.165) is 44.8 Å². The second-order valence-electron chi connectivity index (χ2n) is 5.88. The average molecular weight is 315 g/mol. The van der Waals surface area contributed by atoms with Crippen molar-refractivity contribution in [2.45, 2.75) is 13.1 Å². The lowest BCUT2D eigenvalue weighted by molar-refractivity contribution is 0.122. The molecule has 122 valence electrons. The third-order valence-electron chi connectivity index (χ3n) is 4.22. The molecule has 1 fully saturated rings. The van der Waals surface area contributed by atoms with E-state index in [-0.39, 0.29) is 5.82 Å². The Bertz CT molecular complexity index is 627. The maximum atomic E-state index is 13.8. The van der Waals surface area contributed by atoms with Gasteiger partial charge < -0.3 is 4.74 Å². The number of rotatable bonds is 5. The van der Waals surface area contributed by atoms with Crippen molar-refractivity contribution in [3.05, 3.63) is 59.7 Å². The minimum Gasteiger partial charge on any atom is -0.494 e. The lowest BCUT2D eigenvalue weighted by Gasteiger charge is -2.34. The first-order chi connectivity index (χ1) is 11.2. The molecule has 0 amide bonds. The van der Waals surface area contributed by atoms with Gasteiger partial charge in [0.1, 0.15) is 0 Å². The molecule has 1 aromatic heterocycles. The Labute approximate surface area is 136 Å². The quantitative estimate of drug-likeness (QED) is 0.848. The summed E-state index contributed by atoms with van der Waals surface area (Å²) < 4.78 is 18.7. The summed E-state index contributed by atoms with van der Waals surface area (Å²) in [5.41, 5.74) is 2.24. The standard InChI is InChI=1S/C18H22FN3O/c1-23-18-5-4-15(11-17(18)19)13-21-7-9-22(10-8-21)14-16-3-2-6-20-12-16/h2-6,11-12H,7-10,13-14H2,1H3. The molecule has 0 N–H and O–H groups in total. The van der Waals surface area contributed by atoms with Gasteiger partial charge in [-0.3, -0.25) is 14.8 Å². The van der Waals surface area contributed by atoms with Crippen LogP contribution >= 0.6 is 0 Å². The van der Waals surface area contributed by atoms with Gasteiger partial charge in [0.25, 0.3) is 0 Å². The number of nitrogens with zero attached hydrogens (tertiary/aromatic N) is 3. The molecular weight excluding hydrogens is 293 g/mol. The molecular formula is C18H22FN3O. The number of pyridine rings is 1. The van der Waals surface area contributed by atoms with Crippen LogP contribution in [0.2, 0.25) is 0 Å². The normalized spacial score (nSPS) is 16.4. The van der Waals surface area contributed by atoms with Crippen LogP contribution in [0.5, 0.6) is 5.75 Å². The Morgan fingerprint density at radius 3 is 2.30 bits per heavy atom. The van der Waals surface area contributed by atoms with Gasteiger partial charge in [0.2, 0.25) is 0 Å². The van der Waals surface area contributed by atoms with Crippen LogP contribution in [0.15, 0.2) is 42.7 Å². The average Bonchev–Trinajstić information content (AvgIpc) is 2.58. The Hall–Kier alpha value is -1.98. The molecule has 3 rings (SSSR count). The molecule has 0 saturated carbocycles. The second kappa shape index (κ2) is 7.53. The highest BCUT2D eigenvalue weighted by Gasteiger charge is 2.17. The summed E-state index contributed by atoms with van der Waals surface area (Å²) in [4.78, 5) is 8.96. The number of piperazine rings is 1. The summed E-state index contributed by atoms with van der Waals surface area (Å²) in [5.74, 6) is 0.00949. The number of hydrogen-bond acceptors (Lipinski definition) is 4. The van der Waals surface area contributed by atoms with Crippen LogP contribution in [0.25, 0.3) is 0 Å². The minimum absolute atomic E-state index is 0.291. The molecule has 0 unspecified atom stereocenters. The molecule has 0 spiro atoms. The smallest absolute Gasteiger partial charge is 0.165 e. The van der Waals surface area contributed by atoms with E-state index in [9.17, 15) is 4.39 Å². The van der Waals surface area contributed by atoms with Crippen molar-refractivity contribution in [1.82, 2.24) is 14.8 Å². The summed E-state index contributed by atoms with van der Waals surface area (Å²) in [6.45, 7) is 5.75. The Morgan fingerprint density at radius 2 is 1.74 bits per heavy atom. The Balaban J connectivity index is 1.50. The van der Waals surface area contributed by atoms with Crippen LogP contribution in [0.1, 0.15) is 11.1 Å². The van der Waals surface area contributed by atoms with Crippen molar-refractivity contribution in [2.24, 2.45) is 0 Å². The van der Waals surface area contributed by atoms with Gasteiger partial charge in [0, 0.05) is 51.7 Å². The number of ether oxygens (including phenoxy) is 1. The van der Waals surface area contributed by atoms with Gasteiger partial charge in [0.05, 0.1) is 7.11 Å². The minimum atomic E-state index is -0.291. The van der Waals surface area contributed by atoms with Crippen LogP contribution < -0.4 is 4.74 Å². The van der Waals surface area contributed by atoms with Crippen LogP contribution in [0, 0.1) is 5.82 Å². The molecule has 0 radical (unpaired) electrons. The zero-order valence-electron chi connectivity index (χ0n) is 13.4. The number of methoxy groups -OCH3 is 1. The molecule has 0 aliphatic carbocycles. The van der Waals surface area contributed by atoms with Gasteiger partial charge in [-0.2, -0.15) is 0 Å². The van der Waals surface area contributed by atoms with E-state index in [1.165, 1.54) is 12.7 Å². The van der Waals surface area contributed by atoms with E-state index in [2.05, 4.69) is 20.9 Å². The van der Waals surface area contributed by atoms with Gasteiger partial charge in [-0.05, 0) is 29.3 Å². The first kappa shape index (κ1) is 15.9. The van der Waals surface area contributed by atoms with E-state index in [1.54, 1.807) is 18.3 Å². The second-order valence-corrected chi connectivity index (χ2v) is 5.88. The fourth-order valence-electron chi connectivity index (χ4n) is 2.92. The molecule has 4 nitrogen and oxygen atoms in total. The molecule has 2 aromatic rings. The summed E-state index contributed by atoms with van der Waals surface area (Å²) >= 11 is 0. The molecule has 1 aliphatic rings. The SMILES string of the molecule is COc1ccc(CN2CCN(Cc3cccnc3)CC2)cc1F. The molecule has 1 aliphatic heterocycles. The highest BCUT2D eigenvalue weighted by molar-refractivity contribution is 5.29. The predicted octanol–water partition coefficient (Wildman–Crippen LogP) is 2.55. The van der Waals surface area contributed by atoms with Gasteiger partial charge in [-0.25, -0.2) is 4.39 Å². The number of aromatic nitrogens is 1. The van der Waals surface area contributed by atoms with E-state index in [1.807, 2.05) is 18.3 Å². The lowest BCUT2D eigenvalue weighted by atomic mass is 10.1. The van der Waals surface area contributed by atoms with Gasteiger partial charge in [-0.1, -0.05) is 12.1 Å². The zero-order chi connectivity index (χ0) is 16.1. The van der Waals surface area contributed by atoms with Crippen molar-refractivity contribution in [3.63, 3.8) is 0 Å². The van der Waals surface area contributed by atoms with Gasteiger partial charge in [0.15, 0.2) is 11.6 Å². The van der Waals surface area contributed by atoms with E-state index in [0.29, 0.717) is 5.75 Å². The summed E-state index contributed by atoms with van der Waals surface area (Å²) in [6, 6.07) is 9.29. The number of benzene rings is 1. The van der Waals surface area contributed by atoms with Gasteiger partial charge in [-0.15, -0.1) is 0 Å². The maximum Gasteiger partial charge on any atom is 0.165 e. The Kier molecular flexibility index (Phi) is 5.20. The molecule has 0 atom stereocenters. The fourth-order valence-corrected chi connectivity index (χ4v) is 2.92. The van der Waals surface area contributed by atoms with E-state index in [4.69, 9.17) is 4.74 Å². The van der Waals surface area contributed by atoms with Gasteiger partial charge >= 0.3 is 0 Å². The monoisotopic (exact) mass is 315 g/mol. The van der Waals surface area contributed by atoms with Crippen LogP contribution in [-0.2, 0) is 13.1 Å². The summed E-state index contributed by atoms with van der Waals surface area (Å²) in [7, 11) is 1.49. The molecule has 1 saturated heterocycles. The topological polar surface area (TPSA) is 28.6 Å². The molecule has 23 heavy (non-hydrogen) atoms. The third-order valence-corrected chi connectivity index (χ3v) is 4.22. The first-order valence-corrected chi connectivity index (χ1v) is 7.90. The first-order valence-electron chi connectivity index (χ1n) is 7.90. The van der Waals surface area contributed by atoms with Crippen LogP contribution in [0.3, 0.4) is 0 Å². The van der Waals surface area contributed by atoms with Crippen molar-refractivity contribution >= 4 is 0 Å². The highest BCUT2D eigenvalue weighted by Crippen LogP contribution is 2.19. The van der Waals surface area contributed by atoms with Crippen LogP contribution in [-0.4, -0.2) is 48.1 Å². The maximum absolute atomic E-state index is 13.8. The largest absolute Gasteiger partial charge is 0.494 e.